The Hall–Kier alpha value is -5.23. The molecule has 0 bridgehead atoms. The second-order valence-corrected chi connectivity index (χ2v) is 8.63. The number of aromatic nitrogens is 3. The summed E-state index contributed by atoms with van der Waals surface area (Å²) in [6.45, 7) is 1.87. The Labute approximate surface area is 217 Å². The molecule has 1 atom stereocenters. The summed E-state index contributed by atoms with van der Waals surface area (Å²) in [6, 6.07) is 21.0. The number of nitrogens with zero attached hydrogens (tertiary/aromatic N) is 4. The average molecular weight is 507 g/mol. The number of nitriles is 1. The van der Waals surface area contributed by atoms with E-state index in [4.69, 9.17) is 10.5 Å². The van der Waals surface area contributed by atoms with Gasteiger partial charge < -0.3 is 15.8 Å². The van der Waals surface area contributed by atoms with Gasteiger partial charge in [-0.1, -0.05) is 42.5 Å². The van der Waals surface area contributed by atoms with Crippen LogP contribution in [0.3, 0.4) is 0 Å². The molecule has 0 fully saturated rings. The summed E-state index contributed by atoms with van der Waals surface area (Å²) in [5.74, 6) is 0.424. The lowest BCUT2D eigenvalue weighted by molar-refractivity contribution is 0.415. The van der Waals surface area contributed by atoms with E-state index in [0.29, 0.717) is 33.5 Å². The van der Waals surface area contributed by atoms with Crippen molar-refractivity contribution in [3.05, 3.63) is 107 Å². The monoisotopic (exact) mass is 506 g/mol. The molecule has 0 aliphatic rings. The number of pyridine rings is 2. The van der Waals surface area contributed by atoms with Crippen molar-refractivity contribution in [1.82, 2.24) is 14.4 Å². The SMILES string of the molecule is COc1ccc(-c2c([C@H](C)Nc3ncnc(N)c3C#N)c(-c3ccccc3)c(=O)n3cc(F)ccc23)cc1. The Morgan fingerprint density at radius 3 is 2.42 bits per heavy atom. The summed E-state index contributed by atoms with van der Waals surface area (Å²) < 4.78 is 21.1. The van der Waals surface area contributed by atoms with E-state index in [2.05, 4.69) is 15.3 Å². The van der Waals surface area contributed by atoms with Gasteiger partial charge >= 0.3 is 0 Å². The molecule has 0 spiro atoms. The highest BCUT2D eigenvalue weighted by Crippen LogP contribution is 2.39. The lowest BCUT2D eigenvalue weighted by Crippen LogP contribution is -2.23. The first-order chi connectivity index (χ1) is 18.4. The third-order valence-corrected chi connectivity index (χ3v) is 6.36. The zero-order valence-corrected chi connectivity index (χ0v) is 20.6. The maximum absolute atomic E-state index is 14.4. The maximum Gasteiger partial charge on any atom is 0.263 e. The minimum absolute atomic E-state index is 0.0462. The third-order valence-electron chi connectivity index (χ3n) is 6.36. The molecule has 2 aromatic carbocycles. The molecule has 0 aliphatic carbocycles. The number of fused-ring (bicyclic) bond motifs is 1. The molecule has 0 saturated carbocycles. The summed E-state index contributed by atoms with van der Waals surface area (Å²) in [7, 11) is 1.58. The Balaban J connectivity index is 1.87. The normalized spacial score (nSPS) is 11.6. The van der Waals surface area contributed by atoms with Crippen molar-refractivity contribution in [3.63, 3.8) is 0 Å². The average Bonchev–Trinajstić information content (AvgIpc) is 2.94. The van der Waals surface area contributed by atoms with Crippen LogP contribution in [0.4, 0.5) is 16.0 Å². The van der Waals surface area contributed by atoms with Crippen LogP contribution in [0.25, 0.3) is 27.8 Å². The van der Waals surface area contributed by atoms with Crippen molar-refractivity contribution >= 4 is 17.2 Å². The molecular weight excluding hydrogens is 483 g/mol. The molecule has 9 heteroatoms. The van der Waals surface area contributed by atoms with Crippen molar-refractivity contribution in [2.24, 2.45) is 0 Å². The number of anilines is 2. The zero-order valence-electron chi connectivity index (χ0n) is 20.6. The summed E-state index contributed by atoms with van der Waals surface area (Å²) >= 11 is 0. The molecular formula is C29H23FN6O2. The molecule has 0 radical (unpaired) electrons. The van der Waals surface area contributed by atoms with Crippen molar-refractivity contribution in [1.29, 1.82) is 5.26 Å². The molecule has 5 rings (SSSR count). The fourth-order valence-corrected chi connectivity index (χ4v) is 4.62. The van der Waals surface area contributed by atoms with E-state index in [1.807, 2.05) is 67.6 Å². The first-order valence-corrected chi connectivity index (χ1v) is 11.8. The number of methoxy groups -OCH3 is 1. The summed E-state index contributed by atoms with van der Waals surface area (Å²) in [5, 5.41) is 12.9. The highest BCUT2D eigenvalue weighted by atomic mass is 19.1. The van der Waals surface area contributed by atoms with Gasteiger partial charge in [-0.15, -0.1) is 0 Å². The van der Waals surface area contributed by atoms with Crippen LogP contribution >= 0.6 is 0 Å². The first-order valence-electron chi connectivity index (χ1n) is 11.8. The van der Waals surface area contributed by atoms with Gasteiger partial charge in [0.05, 0.1) is 24.2 Å². The minimum atomic E-state index is -0.536. The standard InChI is InChI=1S/C29H23FN6O2/c1-17(35-28-22(14-31)27(32)33-16-34-28)24-25(19-8-11-21(38-2)12-9-19)23-13-10-20(30)15-36(23)29(37)26(24)18-6-4-3-5-7-18/h3-13,15-17H,1-2H3,(H3,32,33,34,35)/t17-/m0/s1. The smallest absolute Gasteiger partial charge is 0.263 e. The Morgan fingerprint density at radius 1 is 1.03 bits per heavy atom. The van der Waals surface area contributed by atoms with E-state index < -0.39 is 11.9 Å². The molecule has 3 heterocycles. The molecule has 3 N–H and O–H groups in total. The number of nitrogen functional groups attached to an aromatic ring is 1. The molecule has 5 aromatic rings. The highest BCUT2D eigenvalue weighted by molar-refractivity contribution is 5.89. The summed E-state index contributed by atoms with van der Waals surface area (Å²) in [6.07, 6.45) is 2.46. The van der Waals surface area contributed by atoms with Crippen molar-refractivity contribution in [2.75, 3.05) is 18.2 Å². The lowest BCUT2D eigenvalue weighted by atomic mass is 9.88. The van der Waals surface area contributed by atoms with Crippen LogP contribution in [-0.2, 0) is 0 Å². The van der Waals surface area contributed by atoms with Crippen LogP contribution in [0.2, 0.25) is 0 Å². The topological polar surface area (TPSA) is 118 Å². The number of hydrogen-bond donors (Lipinski definition) is 2. The molecule has 0 amide bonds. The predicted molar refractivity (Wildman–Crippen MR) is 144 cm³/mol. The van der Waals surface area contributed by atoms with Crippen molar-refractivity contribution in [2.45, 2.75) is 13.0 Å². The van der Waals surface area contributed by atoms with Gasteiger partial charge in [-0.2, -0.15) is 5.26 Å². The number of nitrogens with one attached hydrogen (secondary N) is 1. The maximum atomic E-state index is 14.4. The number of halogens is 1. The fourth-order valence-electron chi connectivity index (χ4n) is 4.62. The molecule has 0 unspecified atom stereocenters. The number of ether oxygens (including phenoxy) is 1. The second kappa shape index (κ2) is 10.0. The van der Waals surface area contributed by atoms with E-state index >= 15 is 0 Å². The Bertz CT molecular complexity index is 1740. The number of benzene rings is 2. The van der Waals surface area contributed by atoms with Crippen LogP contribution in [0.1, 0.15) is 24.1 Å². The largest absolute Gasteiger partial charge is 0.497 e. The third kappa shape index (κ3) is 4.29. The number of rotatable bonds is 6. The summed E-state index contributed by atoms with van der Waals surface area (Å²) in [5.41, 5.74) is 9.37. The first kappa shape index (κ1) is 24.5. The van der Waals surface area contributed by atoms with Gasteiger partial charge in [0.1, 0.15) is 41.2 Å². The predicted octanol–water partition coefficient (Wildman–Crippen LogP) is 5.20. The van der Waals surface area contributed by atoms with Gasteiger partial charge in [0.15, 0.2) is 0 Å². The van der Waals surface area contributed by atoms with Gasteiger partial charge in [-0.3, -0.25) is 9.20 Å². The number of hydrogen-bond acceptors (Lipinski definition) is 7. The molecule has 38 heavy (non-hydrogen) atoms. The van der Waals surface area contributed by atoms with Crippen LogP contribution in [0, 0.1) is 17.1 Å². The van der Waals surface area contributed by atoms with Gasteiger partial charge in [-0.05, 0) is 47.9 Å². The molecule has 188 valence electrons. The molecule has 3 aromatic heterocycles. The van der Waals surface area contributed by atoms with Crippen molar-refractivity contribution < 1.29 is 9.13 Å². The van der Waals surface area contributed by atoms with Crippen molar-refractivity contribution in [3.8, 4) is 34.1 Å². The molecule has 0 saturated heterocycles. The highest BCUT2D eigenvalue weighted by Gasteiger charge is 2.26. The van der Waals surface area contributed by atoms with E-state index in [1.165, 1.54) is 23.0 Å². The Kier molecular flexibility index (Phi) is 6.46. The van der Waals surface area contributed by atoms with Gasteiger partial charge in [-0.25, -0.2) is 14.4 Å². The second-order valence-electron chi connectivity index (χ2n) is 8.63. The van der Waals surface area contributed by atoms with Crippen LogP contribution in [-0.4, -0.2) is 21.5 Å². The van der Waals surface area contributed by atoms with E-state index in [0.717, 1.165) is 5.56 Å². The van der Waals surface area contributed by atoms with Crippen LogP contribution in [0.15, 0.2) is 84.0 Å². The Morgan fingerprint density at radius 2 is 1.74 bits per heavy atom. The fraction of sp³-hybridized carbons (Fsp3) is 0.103. The van der Waals surface area contributed by atoms with Crippen LogP contribution in [0.5, 0.6) is 5.75 Å². The molecule has 0 aliphatic heterocycles. The lowest BCUT2D eigenvalue weighted by Gasteiger charge is -2.25. The van der Waals surface area contributed by atoms with E-state index in [1.54, 1.807) is 13.2 Å². The minimum Gasteiger partial charge on any atom is -0.497 e. The zero-order chi connectivity index (χ0) is 26.8. The van der Waals surface area contributed by atoms with Gasteiger partial charge in [0, 0.05) is 11.8 Å². The quantitative estimate of drug-likeness (QED) is 0.325. The molecule has 8 nitrogen and oxygen atoms in total. The van der Waals surface area contributed by atoms with E-state index in [-0.39, 0.29) is 22.8 Å². The number of nitrogens with two attached hydrogens (primary N) is 1. The summed E-state index contributed by atoms with van der Waals surface area (Å²) in [4.78, 5) is 22.1. The van der Waals surface area contributed by atoms with E-state index in [9.17, 15) is 14.4 Å². The van der Waals surface area contributed by atoms with Gasteiger partial charge in [0.2, 0.25) is 0 Å². The van der Waals surface area contributed by atoms with Crippen LogP contribution < -0.4 is 21.3 Å². The van der Waals surface area contributed by atoms with Gasteiger partial charge in [0.25, 0.3) is 5.56 Å².